The van der Waals surface area contributed by atoms with Gasteiger partial charge in [0.25, 0.3) is 11.6 Å². The van der Waals surface area contributed by atoms with Crippen LogP contribution in [0.15, 0.2) is 41.1 Å². The van der Waals surface area contributed by atoms with Crippen LogP contribution in [0.1, 0.15) is 5.82 Å². The molecule has 3 rings (SSSR count). The third kappa shape index (κ3) is 3.31. The second-order valence-electron chi connectivity index (χ2n) is 4.66. The standard InChI is InChI=1S/C13H11N5O4S/c1-23(21)8-12-14-13(22-16-12)11-5-6-17(15-11)9-3-2-4-10(7-9)18(19)20/h2-7H,8H2,1H3/t23-/m1/s1. The number of hydrogen-bond acceptors (Lipinski definition) is 7. The molecule has 9 nitrogen and oxygen atoms in total. The second-order valence-corrected chi connectivity index (χ2v) is 6.09. The Labute approximate surface area is 132 Å². The van der Waals surface area contributed by atoms with Crippen molar-refractivity contribution in [2.24, 2.45) is 0 Å². The highest BCUT2D eigenvalue weighted by molar-refractivity contribution is 7.83. The largest absolute Gasteiger partial charge is 0.332 e. The number of hydrogen-bond donors (Lipinski definition) is 0. The van der Waals surface area contributed by atoms with Crippen LogP contribution in [0.4, 0.5) is 5.69 Å². The number of aromatic nitrogens is 4. The fourth-order valence-corrected chi connectivity index (χ4v) is 2.41. The van der Waals surface area contributed by atoms with Crippen LogP contribution in [0.2, 0.25) is 0 Å². The fraction of sp³-hybridized carbons (Fsp3) is 0.154. The summed E-state index contributed by atoms with van der Waals surface area (Å²) in [4.78, 5) is 14.5. The lowest BCUT2D eigenvalue weighted by Crippen LogP contribution is -1.97. The maximum Gasteiger partial charge on any atom is 0.278 e. The zero-order chi connectivity index (χ0) is 16.4. The monoisotopic (exact) mass is 333 g/mol. The summed E-state index contributed by atoms with van der Waals surface area (Å²) in [6.07, 6.45) is 3.18. The zero-order valence-corrected chi connectivity index (χ0v) is 12.8. The first kappa shape index (κ1) is 15.0. The minimum Gasteiger partial charge on any atom is -0.332 e. The van der Waals surface area contributed by atoms with E-state index in [1.54, 1.807) is 30.7 Å². The first-order valence-electron chi connectivity index (χ1n) is 6.46. The third-order valence-corrected chi connectivity index (χ3v) is 3.58. The molecule has 1 aromatic carbocycles. The first-order chi connectivity index (χ1) is 11.0. The van der Waals surface area contributed by atoms with Gasteiger partial charge in [0.15, 0.2) is 11.5 Å². The topological polar surface area (TPSA) is 117 Å². The molecular weight excluding hydrogens is 322 g/mol. The minimum absolute atomic E-state index is 0.0231. The Bertz CT molecular complexity index is 888. The van der Waals surface area contributed by atoms with Crippen molar-refractivity contribution in [1.82, 2.24) is 19.9 Å². The quantitative estimate of drug-likeness (QED) is 0.515. The zero-order valence-electron chi connectivity index (χ0n) is 11.9. The number of nitro benzene ring substituents is 1. The summed E-state index contributed by atoms with van der Waals surface area (Å²) < 4.78 is 17.7. The minimum atomic E-state index is -1.07. The van der Waals surface area contributed by atoms with Crippen molar-refractivity contribution >= 4 is 16.5 Å². The molecule has 0 aliphatic heterocycles. The molecule has 0 saturated heterocycles. The molecular formula is C13H11N5O4S. The molecule has 1 atom stereocenters. The van der Waals surface area contributed by atoms with Gasteiger partial charge in [-0.3, -0.25) is 14.3 Å². The first-order valence-corrected chi connectivity index (χ1v) is 8.19. The third-order valence-electron chi connectivity index (χ3n) is 2.91. The molecule has 0 fully saturated rings. The van der Waals surface area contributed by atoms with Gasteiger partial charge in [0, 0.05) is 35.4 Å². The van der Waals surface area contributed by atoms with Gasteiger partial charge < -0.3 is 4.52 Å². The molecule has 3 aromatic rings. The molecule has 0 aliphatic carbocycles. The van der Waals surface area contributed by atoms with Crippen LogP contribution in [-0.4, -0.2) is 35.3 Å². The number of nitro groups is 1. The molecule has 0 saturated carbocycles. The fourth-order valence-electron chi connectivity index (χ4n) is 1.93. The molecule has 2 aromatic heterocycles. The van der Waals surface area contributed by atoms with Gasteiger partial charge in [0.2, 0.25) is 0 Å². The normalized spacial score (nSPS) is 12.2. The van der Waals surface area contributed by atoms with Crippen molar-refractivity contribution in [1.29, 1.82) is 0 Å². The summed E-state index contributed by atoms with van der Waals surface area (Å²) in [5, 5.41) is 18.8. The summed E-state index contributed by atoms with van der Waals surface area (Å²) in [5.41, 5.74) is 0.946. The van der Waals surface area contributed by atoms with Crippen LogP contribution in [0, 0.1) is 10.1 Å². The lowest BCUT2D eigenvalue weighted by Gasteiger charge is -2.00. The average Bonchev–Trinajstić information content (AvgIpc) is 3.15. The van der Waals surface area contributed by atoms with Gasteiger partial charge in [-0.2, -0.15) is 10.1 Å². The molecule has 0 amide bonds. The summed E-state index contributed by atoms with van der Waals surface area (Å²) in [5.74, 6) is 0.745. The highest BCUT2D eigenvalue weighted by Crippen LogP contribution is 2.19. The van der Waals surface area contributed by atoms with Gasteiger partial charge in [-0.25, -0.2) is 4.68 Å². The van der Waals surface area contributed by atoms with Gasteiger partial charge in [-0.1, -0.05) is 11.2 Å². The lowest BCUT2D eigenvalue weighted by molar-refractivity contribution is -0.384. The SMILES string of the molecule is C[S@@](=O)Cc1noc(-c2ccn(-c3cccc([N+](=O)[O-])c3)n2)n1. The van der Waals surface area contributed by atoms with Gasteiger partial charge in [0.05, 0.1) is 16.4 Å². The van der Waals surface area contributed by atoms with Crippen molar-refractivity contribution in [3.63, 3.8) is 0 Å². The van der Waals surface area contributed by atoms with Crippen molar-refractivity contribution < 1.29 is 13.7 Å². The molecule has 0 bridgehead atoms. The van der Waals surface area contributed by atoms with E-state index < -0.39 is 15.7 Å². The van der Waals surface area contributed by atoms with Crippen LogP contribution < -0.4 is 0 Å². The molecule has 23 heavy (non-hydrogen) atoms. The van der Waals surface area contributed by atoms with Gasteiger partial charge >= 0.3 is 0 Å². The van der Waals surface area contributed by atoms with Crippen molar-refractivity contribution in [3.8, 4) is 17.3 Å². The highest BCUT2D eigenvalue weighted by atomic mass is 32.2. The highest BCUT2D eigenvalue weighted by Gasteiger charge is 2.14. The van der Waals surface area contributed by atoms with Crippen molar-refractivity contribution in [2.75, 3.05) is 6.26 Å². The summed E-state index contributed by atoms with van der Waals surface area (Å²) in [6, 6.07) is 7.75. The maximum atomic E-state index is 11.1. The maximum absolute atomic E-state index is 11.1. The van der Waals surface area contributed by atoms with Gasteiger partial charge in [-0.05, 0) is 12.1 Å². The average molecular weight is 333 g/mol. The number of rotatable bonds is 5. The van der Waals surface area contributed by atoms with Crippen LogP contribution in [0.3, 0.4) is 0 Å². The van der Waals surface area contributed by atoms with Gasteiger partial charge in [-0.15, -0.1) is 0 Å². The van der Waals surface area contributed by atoms with E-state index in [9.17, 15) is 14.3 Å². The summed E-state index contributed by atoms with van der Waals surface area (Å²) in [7, 11) is -1.07. The van der Waals surface area contributed by atoms with E-state index in [2.05, 4.69) is 15.2 Å². The molecule has 0 unspecified atom stereocenters. The van der Waals surface area contributed by atoms with Crippen LogP contribution >= 0.6 is 0 Å². The summed E-state index contributed by atoms with van der Waals surface area (Å²) in [6.45, 7) is 0. The number of nitrogens with zero attached hydrogens (tertiary/aromatic N) is 5. The second kappa shape index (κ2) is 6.08. The Kier molecular flexibility index (Phi) is 3.98. The number of benzene rings is 1. The predicted octanol–water partition coefficient (Wildman–Crippen LogP) is 1.71. The van der Waals surface area contributed by atoms with E-state index in [4.69, 9.17) is 4.52 Å². The molecule has 118 valence electrons. The Morgan fingerprint density at radius 1 is 1.39 bits per heavy atom. The smallest absolute Gasteiger partial charge is 0.278 e. The van der Waals surface area contributed by atoms with E-state index in [-0.39, 0.29) is 17.3 Å². The van der Waals surface area contributed by atoms with Crippen molar-refractivity contribution in [3.05, 3.63) is 52.5 Å². The number of non-ortho nitro benzene ring substituents is 1. The predicted molar refractivity (Wildman–Crippen MR) is 81.3 cm³/mol. The Morgan fingerprint density at radius 2 is 2.22 bits per heavy atom. The lowest BCUT2D eigenvalue weighted by atomic mass is 10.3. The molecule has 2 heterocycles. The van der Waals surface area contributed by atoms with Crippen LogP contribution in [0.5, 0.6) is 0 Å². The molecule has 0 N–H and O–H groups in total. The Balaban J connectivity index is 1.88. The summed E-state index contributed by atoms with van der Waals surface area (Å²) >= 11 is 0. The van der Waals surface area contributed by atoms with Gasteiger partial charge in [0.1, 0.15) is 0 Å². The Morgan fingerprint density at radius 3 is 2.96 bits per heavy atom. The van der Waals surface area contributed by atoms with Crippen LogP contribution in [0.25, 0.3) is 17.3 Å². The van der Waals surface area contributed by atoms with E-state index in [1.807, 2.05) is 0 Å². The van der Waals surface area contributed by atoms with Crippen LogP contribution in [-0.2, 0) is 16.6 Å². The molecule has 10 heteroatoms. The molecule has 0 spiro atoms. The van der Waals surface area contributed by atoms with E-state index >= 15 is 0 Å². The van der Waals surface area contributed by atoms with E-state index in [1.165, 1.54) is 16.8 Å². The van der Waals surface area contributed by atoms with E-state index in [0.717, 1.165) is 0 Å². The Hall–Kier alpha value is -2.88. The molecule has 0 aliphatic rings. The van der Waals surface area contributed by atoms with E-state index in [0.29, 0.717) is 17.2 Å². The molecule has 0 radical (unpaired) electrons. The van der Waals surface area contributed by atoms with Crippen molar-refractivity contribution in [2.45, 2.75) is 5.75 Å².